The summed E-state index contributed by atoms with van der Waals surface area (Å²) in [6.07, 6.45) is 3.08. The van der Waals surface area contributed by atoms with E-state index in [1.165, 1.54) is 23.8 Å². The van der Waals surface area contributed by atoms with Gasteiger partial charge in [0.2, 0.25) is 5.91 Å². The minimum Gasteiger partial charge on any atom is -0.385 e. The number of amides is 1. The third-order valence-electron chi connectivity index (χ3n) is 4.56. The largest absolute Gasteiger partial charge is 0.385 e. The highest BCUT2D eigenvalue weighted by Crippen LogP contribution is 2.32. The van der Waals surface area contributed by atoms with Crippen LogP contribution in [0, 0.1) is 5.92 Å². The van der Waals surface area contributed by atoms with Gasteiger partial charge in [0.15, 0.2) is 0 Å². The molecule has 0 radical (unpaired) electrons. The lowest BCUT2D eigenvalue weighted by Gasteiger charge is -2.20. The second-order valence-corrected chi connectivity index (χ2v) is 6.55. The van der Waals surface area contributed by atoms with Gasteiger partial charge in [-0.3, -0.25) is 4.79 Å². The molecule has 1 atom stereocenters. The number of nitrogens with one attached hydrogen (secondary N) is 1. The van der Waals surface area contributed by atoms with Crippen LogP contribution >= 0.6 is 0 Å². The second kappa shape index (κ2) is 7.53. The zero-order valence-electron chi connectivity index (χ0n) is 14.5. The van der Waals surface area contributed by atoms with Crippen LogP contribution in [0.25, 0.3) is 0 Å². The first-order chi connectivity index (χ1) is 12.1. The molecule has 2 aromatic rings. The molecule has 0 bridgehead atoms. The monoisotopic (exact) mass is 336 g/mol. The van der Waals surface area contributed by atoms with E-state index in [1.807, 2.05) is 48.5 Å². The maximum absolute atomic E-state index is 12.0. The first kappa shape index (κ1) is 17.2. The van der Waals surface area contributed by atoms with Crippen LogP contribution in [0.4, 0.5) is 11.4 Å². The van der Waals surface area contributed by atoms with Gasteiger partial charge in [-0.05, 0) is 54.2 Å². The predicted octanol–water partition coefficient (Wildman–Crippen LogP) is 3.74. The molecule has 1 aliphatic carbocycles. The molecule has 1 saturated carbocycles. The van der Waals surface area contributed by atoms with E-state index >= 15 is 0 Å². The molecule has 1 amide bonds. The number of rotatable bonds is 7. The van der Waals surface area contributed by atoms with E-state index in [1.54, 1.807) is 7.05 Å². The summed E-state index contributed by atoms with van der Waals surface area (Å²) in [6.45, 7) is 4.47. The average Bonchev–Trinajstić information content (AvgIpc) is 3.49. The van der Waals surface area contributed by atoms with Gasteiger partial charge in [0, 0.05) is 25.0 Å². The van der Waals surface area contributed by atoms with Crippen LogP contribution in [0.1, 0.15) is 30.1 Å². The molecule has 2 N–H and O–H groups in total. The zero-order chi connectivity index (χ0) is 17.8. The number of anilines is 2. The van der Waals surface area contributed by atoms with Crippen LogP contribution in [0.3, 0.4) is 0 Å². The molecule has 0 aromatic heterocycles. The molecule has 2 aromatic carbocycles. The minimum atomic E-state index is -0.741. The van der Waals surface area contributed by atoms with E-state index in [4.69, 9.17) is 0 Å². The van der Waals surface area contributed by atoms with Crippen LogP contribution in [0.5, 0.6) is 0 Å². The number of benzene rings is 2. The predicted molar refractivity (Wildman–Crippen MR) is 102 cm³/mol. The number of nitrogens with zero attached hydrogens (tertiary/aromatic N) is 1. The molecule has 1 aliphatic rings. The van der Waals surface area contributed by atoms with Gasteiger partial charge in [-0.15, -0.1) is 0 Å². The Bertz CT molecular complexity index is 754. The Hall–Kier alpha value is -2.59. The molecule has 4 nitrogen and oxygen atoms in total. The van der Waals surface area contributed by atoms with Crippen molar-refractivity contribution in [2.75, 3.05) is 23.8 Å². The van der Waals surface area contributed by atoms with E-state index < -0.39 is 6.10 Å². The topological polar surface area (TPSA) is 52.6 Å². The minimum absolute atomic E-state index is 0.181. The molecule has 3 rings (SSSR count). The Morgan fingerprint density at radius 2 is 2.00 bits per heavy atom. The fourth-order valence-corrected chi connectivity index (χ4v) is 2.76. The van der Waals surface area contributed by atoms with Gasteiger partial charge in [-0.1, -0.05) is 36.9 Å². The first-order valence-electron chi connectivity index (χ1n) is 8.60. The summed E-state index contributed by atoms with van der Waals surface area (Å²) in [7, 11) is 1.71. The Morgan fingerprint density at radius 3 is 2.64 bits per heavy atom. The Balaban J connectivity index is 1.92. The number of carbonyl (C=O) groups excluding carboxylic acids is 1. The van der Waals surface area contributed by atoms with Crippen molar-refractivity contribution < 1.29 is 9.90 Å². The molecule has 0 saturated heterocycles. The van der Waals surface area contributed by atoms with Crippen molar-refractivity contribution in [3.63, 3.8) is 0 Å². The average molecular weight is 336 g/mol. The van der Waals surface area contributed by atoms with Crippen molar-refractivity contribution in [2.24, 2.45) is 5.92 Å². The first-order valence-corrected chi connectivity index (χ1v) is 8.60. The summed E-state index contributed by atoms with van der Waals surface area (Å²) in [5.41, 5.74) is 3.23. The Morgan fingerprint density at radius 1 is 1.28 bits per heavy atom. The van der Waals surface area contributed by atoms with Crippen molar-refractivity contribution in [1.82, 2.24) is 0 Å². The number of aliphatic hydroxyl groups excluding tert-OH is 1. The standard InChI is InChI=1S/C21H24N2O2/c1-3-20(24)23(2)19-12-17(21(25)16-7-5-4-6-8-16)11-18(13-19)22-14-15-9-10-15/h3-8,11-13,15,21-22,25H,1,9-10,14H2,2H3. The summed E-state index contributed by atoms with van der Waals surface area (Å²) in [5, 5.41) is 14.2. The zero-order valence-corrected chi connectivity index (χ0v) is 14.5. The second-order valence-electron chi connectivity index (χ2n) is 6.55. The molecule has 0 spiro atoms. The van der Waals surface area contributed by atoms with Gasteiger partial charge in [-0.2, -0.15) is 0 Å². The molecule has 0 heterocycles. The molecule has 1 fully saturated rings. The normalized spacial score (nSPS) is 14.6. The Labute approximate surface area is 148 Å². The number of hydrogen-bond acceptors (Lipinski definition) is 3. The smallest absolute Gasteiger partial charge is 0.250 e. The highest BCUT2D eigenvalue weighted by Gasteiger charge is 2.21. The van der Waals surface area contributed by atoms with Crippen LogP contribution in [-0.4, -0.2) is 24.6 Å². The highest BCUT2D eigenvalue weighted by atomic mass is 16.3. The van der Waals surface area contributed by atoms with Crippen LogP contribution in [0.15, 0.2) is 61.2 Å². The summed E-state index contributed by atoms with van der Waals surface area (Å²) < 4.78 is 0. The lowest BCUT2D eigenvalue weighted by atomic mass is 10.00. The lowest BCUT2D eigenvalue weighted by molar-refractivity contribution is -0.113. The fourth-order valence-electron chi connectivity index (χ4n) is 2.76. The molecule has 130 valence electrons. The van der Waals surface area contributed by atoms with E-state index in [2.05, 4.69) is 11.9 Å². The van der Waals surface area contributed by atoms with Crippen LogP contribution in [-0.2, 0) is 4.79 Å². The van der Waals surface area contributed by atoms with E-state index in [9.17, 15) is 9.90 Å². The maximum Gasteiger partial charge on any atom is 0.250 e. The molecule has 4 heteroatoms. The summed E-state index contributed by atoms with van der Waals surface area (Å²) in [6, 6.07) is 15.3. The van der Waals surface area contributed by atoms with E-state index in [0.717, 1.165) is 35.0 Å². The summed E-state index contributed by atoms with van der Waals surface area (Å²) >= 11 is 0. The Kier molecular flexibility index (Phi) is 5.19. The maximum atomic E-state index is 12.0. The van der Waals surface area contributed by atoms with Gasteiger partial charge in [-0.25, -0.2) is 0 Å². The molecular weight excluding hydrogens is 312 g/mol. The number of carbonyl (C=O) groups is 1. The quantitative estimate of drug-likeness (QED) is 0.757. The van der Waals surface area contributed by atoms with Crippen LogP contribution in [0.2, 0.25) is 0 Å². The molecule has 1 unspecified atom stereocenters. The van der Waals surface area contributed by atoms with Gasteiger partial charge < -0.3 is 15.3 Å². The molecule has 25 heavy (non-hydrogen) atoms. The van der Waals surface area contributed by atoms with Crippen molar-refractivity contribution in [1.29, 1.82) is 0 Å². The van der Waals surface area contributed by atoms with E-state index in [-0.39, 0.29) is 5.91 Å². The summed E-state index contributed by atoms with van der Waals surface area (Å²) in [4.78, 5) is 13.5. The SMILES string of the molecule is C=CC(=O)N(C)c1cc(NCC2CC2)cc(C(O)c2ccccc2)c1. The number of likely N-dealkylation sites (N-methyl/N-ethyl adjacent to an activating group) is 1. The van der Waals surface area contributed by atoms with Crippen molar-refractivity contribution in [3.05, 3.63) is 72.3 Å². The molecule has 0 aliphatic heterocycles. The third kappa shape index (κ3) is 4.28. The number of aliphatic hydroxyl groups is 1. The van der Waals surface area contributed by atoms with Crippen LogP contribution < -0.4 is 10.2 Å². The van der Waals surface area contributed by atoms with Gasteiger partial charge in [0.1, 0.15) is 6.10 Å². The summed E-state index contributed by atoms with van der Waals surface area (Å²) in [5.74, 6) is 0.554. The van der Waals surface area contributed by atoms with Crippen molar-refractivity contribution >= 4 is 17.3 Å². The van der Waals surface area contributed by atoms with Gasteiger partial charge >= 0.3 is 0 Å². The van der Waals surface area contributed by atoms with Crippen molar-refractivity contribution in [3.8, 4) is 0 Å². The van der Waals surface area contributed by atoms with Crippen molar-refractivity contribution in [2.45, 2.75) is 18.9 Å². The highest BCUT2D eigenvalue weighted by molar-refractivity contribution is 6.01. The number of hydrogen-bond donors (Lipinski definition) is 2. The third-order valence-corrected chi connectivity index (χ3v) is 4.56. The van der Waals surface area contributed by atoms with Gasteiger partial charge in [0.05, 0.1) is 0 Å². The van der Waals surface area contributed by atoms with Gasteiger partial charge in [0.25, 0.3) is 0 Å². The van der Waals surface area contributed by atoms with E-state index in [0.29, 0.717) is 0 Å². The fraction of sp³-hybridized carbons (Fsp3) is 0.286. The lowest BCUT2D eigenvalue weighted by Crippen LogP contribution is -2.24. The molecular formula is C21H24N2O2.